The second-order valence-corrected chi connectivity index (χ2v) is 2.84. The Bertz CT molecular complexity index is 446. The van der Waals surface area contributed by atoms with Gasteiger partial charge in [0.15, 0.2) is 17.2 Å². The van der Waals surface area contributed by atoms with E-state index in [1.807, 2.05) is 0 Å². The first kappa shape index (κ1) is 11.9. The molecule has 0 amide bonds. The van der Waals surface area contributed by atoms with Crippen molar-refractivity contribution in [3.63, 3.8) is 0 Å². The topological polar surface area (TPSA) is 147 Å². The van der Waals surface area contributed by atoms with E-state index in [4.69, 9.17) is 21.1 Å². The van der Waals surface area contributed by atoms with E-state index in [2.05, 4.69) is 9.97 Å². The molecule has 0 bridgehead atoms. The van der Waals surface area contributed by atoms with Crippen molar-refractivity contribution in [3.8, 4) is 0 Å². The molecule has 0 saturated carbocycles. The van der Waals surface area contributed by atoms with Crippen molar-refractivity contribution in [2.45, 2.75) is 6.42 Å². The minimum Gasteiger partial charge on any atom is -0.476 e. The highest BCUT2D eigenvalue weighted by Gasteiger charge is 2.20. The van der Waals surface area contributed by atoms with E-state index in [-0.39, 0.29) is 18.7 Å². The number of nitrogens with zero attached hydrogens (tertiary/aromatic N) is 2. The number of anilines is 1. The Hall–Kier alpha value is -2.22. The maximum absolute atomic E-state index is 10.7. The van der Waals surface area contributed by atoms with Crippen LogP contribution in [0.4, 0.5) is 5.82 Å². The molecule has 0 aliphatic carbocycles. The second-order valence-electron chi connectivity index (χ2n) is 2.84. The van der Waals surface area contributed by atoms with Crippen molar-refractivity contribution in [3.05, 3.63) is 17.1 Å². The lowest BCUT2D eigenvalue weighted by Crippen LogP contribution is -2.17. The number of carboxylic acid groups (broad SMARTS) is 2. The maximum atomic E-state index is 10.7. The van der Waals surface area contributed by atoms with E-state index in [1.54, 1.807) is 0 Å². The molecule has 0 spiro atoms. The summed E-state index contributed by atoms with van der Waals surface area (Å²) in [6.45, 7) is -0.363. The molecule has 86 valence electrons. The number of carbonyl (C=O) groups is 2. The molecule has 1 rings (SSSR count). The molecule has 1 heterocycles. The van der Waals surface area contributed by atoms with Gasteiger partial charge in [0, 0.05) is 13.0 Å². The molecule has 0 radical (unpaired) electrons. The van der Waals surface area contributed by atoms with Crippen molar-refractivity contribution < 1.29 is 24.9 Å². The summed E-state index contributed by atoms with van der Waals surface area (Å²) >= 11 is 0. The van der Waals surface area contributed by atoms with Crippen LogP contribution >= 0.6 is 0 Å². The van der Waals surface area contributed by atoms with Gasteiger partial charge in [0.05, 0.1) is 5.69 Å². The monoisotopic (exact) mass is 227 g/mol. The van der Waals surface area contributed by atoms with Crippen LogP contribution in [0.1, 0.15) is 26.7 Å². The van der Waals surface area contributed by atoms with Crippen LogP contribution < -0.4 is 5.73 Å². The van der Waals surface area contributed by atoms with Gasteiger partial charge in [0.2, 0.25) is 0 Å². The van der Waals surface area contributed by atoms with E-state index in [1.165, 1.54) is 0 Å². The van der Waals surface area contributed by atoms with E-state index in [0.29, 0.717) is 0 Å². The van der Waals surface area contributed by atoms with Gasteiger partial charge >= 0.3 is 11.9 Å². The van der Waals surface area contributed by atoms with Crippen molar-refractivity contribution in [2.24, 2.45) is 0 Å². The molecular weight excluding hydrogens is 218 g/mol. The molecule has 16 heavy (non-hydrogen) atoms. The Morgan fingerprint density at radius 2 is 1.69 bits per heavy atom. The fourth-order valence-electron chi connectivity index (χ4n) is 1.09. The molecule has 5 N–H and O–H groups in total. The molecule has 1 aromatic rings. The van der Waals surface area contributed by atoms with Gasteiger partial charge in [-0.15, -0.1) is 0 Å². The third-order valence-corrected chi connectivity index (χ3v) is 1.75. The fourth-order valence-corrected chi connectivity index (χ4v) is 1.09. The highest BCUT2D eigenvalue weighted by atomic mass is 16.4. The van der Waals surface area contributed by atoms with Crippen LogP contribution in [0.5, 0.6) is 0 Å². The van der Waals surface area contributed by atoms with E-state index >= 15 is 0 Å². The Kier molecular flexibility index (Phi) is 3.36. The minimum atomic E-state index is -1.40. The lowest BCUT2D eigenvalue weighted by atomic mass is 10.2. The molecular formula is C8H9N3O5. The van der Waals surface area contributed by atoms with Crippen LogP contribution in [-0.2, 0) is 6.42 Å². The van der Waals surface area contributed by atoms with Crippen LogP contribution in [0.2, 0.25) is 0 Å². The Morgan fingerprint density at radius 1 is 1.12 bits per heavy atom. The zero-order valence-electron chi connectivity index (χ0n) is 8.04. The van der Waals surface area contributed by atoms with Crippen LogP contribution in [0.15, 0.2) is 0 Å². The van der Waals surface area contributed by atoms with Crippen molar-refractivity contribution in [1.29, 1.82) is 0 Å². The zero-order chi connectivity index (χ0) is 12.3. The third kappa shape index (κ3) is 2.23. The van der Waals surface area contributed by atoms with Gasteiger partial charge in [-0.1, -0.05) is 0 Å². The molecule has 0 saturated heterocycles. The summed E-state index contributed by atoms with van der Waals surface area (Å²) in [4.78, 5) is 28.4. The maximum Gasteiger partial charge on any atom is 0.358 e. The minimum absolute atomic E-state index is 0.102. The number of carboxylic acids is 2. The molecule has 0 unspecified atom stereocenters. The highest BCUT2D eigenvalue weighted by Crippen LogP contribution is 2.12. The normalized spacial score (nSPS) is 10.1. The van der Waals surface area contributed by atoms with Crippen molar-refractivity contribution in [1.82, 2.24) is 9.97 Å². The molecule has 1 aromatic heterocycles. The number of aromatic nitrogens is 2. The average molecular weight is 227 g/mol. The van der Waals surface area contributed by atoms with Crippen molar-refractivity contribution in [2.75, 3.05) is 12.3 Å². The molecule has 0 fully saturated rings. The average Bonchev–Trinajstić information content (AvgIpc) is 2.19. The van der Waals surface area contributed by atoms with Crippen LogP contribution in [-0.4, -0.2) is 43.8 Å². The summed E-state index contributed by atoms with van der Waals surface area (Å²) in [5, 5.41) is 26.1. The van der Waals surface area contributed by atoms with Gasteiger partial charge in [-0.05, 0) is 0 Å². The second kappa shape index (κ2) is 4.53. The Labute approximate surface area is 89.4 Å². The summed E-state index contributed by atoms with van der Waals surface area (Å²) in [6, 6.07) is 0. The molecule has 8 nitrogen and oxygen atoms in total. The Balaban J connectivity index is 3.36. The number of nitrogen functional groups attached to an aromatic ring is 1. The number of aromatic carboxylic acids is 2. The quantitative estimate of drug-likeness (QED) is 0.511. The summed E-state index contributed by atoms with van der Waals surface area (Å²) < 4.78 is 0. The molecule has 0 aromatic carbocycles. The van der Waals surface area contributed by atoms with E-state index in [9.17, 15) is 9.59 Å². The first-order valence-corrected chi connectivity index (χ1v) is 4.21. The van der Waals surface area contributed by atoms with Gasteiger partial charge in [0.1, 0.15) is 0 Å². The third-order valence-electron chi connectivity index (χ3n) is 1.75. The summed E-state index contributed by atoms with van der Waals surface area (Å²) in [5.41, 5.74) is 4.17. The number of rotatable bonds is 4. The van der Waals surface area contributed by atoms with E-state index < -0.39 is 29.1 Å². The first-order chi connectivity index (χ1) is 7.47. The van der Waals surface area contributed by atoms with Crippen LogP contribution in [0.3, 0.4) is 0 Å². The van der Waals surface area contributed by atoms with Crippen LogP contribution in [0.25, 0.3) is 0 Å². The van der Waals surface area contributed by atoms with Gasteiger partial charge in [-0.25, -0.2) is 19.6 Å². The van der Waals surface area contributed by atoms with Gasteiger partial charge in [-0.2, -0.15) is 0 Å². The number of aliphatic hydroxyl groups is 1. The predicted molar refractivity (Wildman–Crippen MR) is 51.2 cm³/mol. The van der Waals surface area contributed by atoms with Crippen LogP contribution in [0, 0.1) is 0 Å². The number of hydrogen-bond donors (Lipinski definition) is 4. The Morgan fingerprint density at radius 3 is 2.12 bits per heavy atom. The smallest absolute Gasteiger partial charge is 0.358 e. The summed E-state index contributed by atoms with van der Waals surface area (Å²) in [7, 11) is 0. The predicted octanol–water partition coefficient (Wildman–Crippen LogP) is -1.01. The number of aliphatic hydroxyl groups excluding tert-OH is 1. The van der Waals surface area contributed by atoms with Gasteiger partial charge in [0.25, 0.3) is 0 Å². The summed E-state index contributed by atoms with van der Waals surface area (Å²) in [5.74, 6) is -3.24. The summed E-state index contributed by atoms with van der Waals surface area (Å²) in [6.07, 6.45) is -0.102. The lowest BCUT2D eigenvalue weighted by Gasteiger charge is -2.06. The lowest BCUT2D eigenvalue weighted by molar-refractivity contribution is 0.0670. The standard InChI is InChI=1S/C8H9N3O5/c9-6-5(8(15)16)10-3(1-2-12)4(11-6)7(13)14/h12H,1-2H2,(H2,9,11)(H,13,14)(H,15,16). The first-order valence-electron chi connectivity index (χ1n) is 4.21. The van der Waals surface area contributed by atoms with E-state index in [0.717, 1.165) is 0 Å². The molecule has 0 aliphatic rings. The molecule has 8 heteroatoms. The van der Waals surface area contributed by atoms with Crippen molar-refractivity contribution >= 4 is 17.8 Å². The van der Waals surface area contributed by atoms with Gasteiger partial charge in [-0.3, -0.25) is 0 Å². The molecule has 0 aliphatic heterocycles. The number of nitrogens with two attached hydrogens (primary N) is 1. The number of hydrogen-bond acceptors (Lipinski definition) is 6. The largest absolute Gasteiger partial charge is 0.476 e. The zero-order valence-corrected chi connectivity index (χ0v) is 8.04. The SMILES string of the molecule is Nc1nc(C(=O)O)c(CCO)nc1C(=O)O. The fraction of sp³-hybridized carbons (Fsp3) is 0.250. The van der Waals surface area contributed by atoms with Gasteiger partial charge < -0.3 is 21.1 Å². The highest BCUT2D eigenvalue weighted by molar-refractivity contribution is 5.93. The molecule has 0 atom stereocenters.